The Morgan fingerprint density at radius 1 is 1.22 bits per heavy atom. The Labute approximate surface area is 118 Å². The summed E-state index contributed by atoms with van der Waals surface area (Å²) in [5, 5.41) is 13.7. The van der Waals surface area contributed by atoms with Crippen molar-refractivity contribution in [1.82, 2.24) is 0 Å². The molecule has 0 amide bonds. The second-order valence-corrected chi connectivity index (χ2v) is 5.39. The van der Waals surface area contributed by atoms with Gasteiger partial charge in [-0.25, -0.2) is 0 Å². The Kier molecular flexibility index (Phi) is 5.57. The Morgan fingerprint density at radius 2 is 1.78 bits per heavy atom. The summed E-state index contributed by atoms with van der Waals surface area (Å²) < 4.78 is 0. The SMILES string of the molecule is CCC(CC)(CO)CNc1cc(Cl)c(Cl)cc1N. The van der Waals surface area contributed by atoms with Crippen molar-refractivity contribution < 1.29 is 5.11 Å². The molecule has 5 heteroatoms. The molecular formula is C13H20Cl2N2O. The molecule has 0 fully saturated rings. The summed E-state index contributed by atoms with van der Waals surface area (Å²) in [7, 11) is 0. The third-order valence-corrected chi connectivity index (χ3v) is 4.30. The van der Waals surface area contributed by atoms with Crippen molar-refractivity contribution in [3.05, 3.63) is 22.2 Å². The molecule has 0 aromatic heterocycles. The monoisotopic (exact) mass is 290 g/mol. The molecule has 0 spiro atoms. The van der Waals surface area contributed by atoms with E-state index in [2.05, 4.69) is 19.2 Å². The smallest absolute Gasteiger partial charge is 0.0614 e. The minimum atomic E-state index is -0.126. The Morgan fingerprint density at radius 3 is 2.28 bits per heavy atom. The van der Waals surface area contributed by atoms with Gasteiger partial charge in [0.1, 0.15) is 0 Å². The number of anilines is 2. The highest BCUT2D eigenvalue weighted by molar-refractivity contribution is 6.42. The minimum Gasteiger partial charge on any atom is -0.397 e. The number of nitrogen functional groups attached to an aromatic ring is 1. The van der Waals surface area contributed by atoms with Crippen LogP contribution in [0.3, 0.4) is 0 Å². The molecule has 0 saturated carbocycles. The number of aliphatic hydroxyl groups excluding tert-OH is 1. The first-order chi connectivity index (χ1) is 8.48. The van der Waals surface area contributed by atoms with E-state index >= 15 is 0 Å². The van der Waals surface area contributed by atoms with Crippen LogP contribution in [0.4, 0.5) is 11.4 Å². The van der Waals surface area contributed by atoms with Gasteiger partial charge in [-0.15, -0.1) is 0 Å². The van der Waals surface area contributed by atoms with Gasteiger partial charge in [0.15, 0.2) is 0 Å². The highest BCUT2D eigenvalue weighted by Crippen LogP contribution is 2.32. The van der Waals surface area contributed by atoms with Crippen LogP contribution in [0.1, 0.15) is 26.7 Å². The maximum atomic E-state index is 9.50. The lowest BCUT2D eigenvalue weighted by atomic mass is 9.83. The molecule has 4 N–H and O–H groups in total. The number of rotatable bonds is 6. The van der Waals surface area contributed by atoms with E-state index in [1.807, 2.05) is 0 Å². The van der Waals surface area contributed by atoms with Crippen molar-refractivity contribution in [3.8, 4) is 0 Å². The molecule has 1 aromatic rings. The molecule has 1 aromatic carbocycles. The Balaban J connectivity index is 2.83. The van der Waals surface area contributed by atoms with Gasteiger partial charge in [-0.3, -0.25) is 0 Å². The predicted octanol–water partition coefficient (Wildman–Crippen LogP) is 3.79. The minimum absolute atomic E-state index is 0.126. The number of nitrogens with one attached hydrogen (secondary N) is 1. The number of hydrogen-bond donors (Lipinski definition) is 3. The molecule has 0 bridgehead atoms. The van der Waals surface area contributed by atoms with E-state index in [0.717, 1.165) is 18.5 Å². The number of nitrogens with two attached hydrogens (primary N) is 1. The van der Waals surface area contributed by atoms with Crippen LogP contribution in [0, 0.1) is 5.41 Å². The van der Waals surface area contributed by atoms with E-state index in [4.69, 9.17) is 28.9 Å². The third kappa shape index (κ3) is 3.44. The lowest BCUT2D eigenvalue weighted by molar-refractivity contribution is 0.127. The normalized spacial score (nSPS) is 11.6. The molecule has 0 heterocycles. The Hall–Kier alpha value is -0.640. The van der Waals surface area contributed by atoms with Crippen LogP contribution in [-0.2, 0) is 0 Å². The number of halogens is 2. The zero-order chi connectivity index (χ0) is 13.8. The van der Waals surface area contributed by atoms with Gasteiger partial charge in [-0.2, -0.15) is 0 Å². The van der Waals surface area contributed by atoms with Crippen LogP contribution < -0.4 is 11.1 Å². The fraction of sp³-hybridized carbons (Fsp3) is 0.538. The van der Waals surface area contributed by atoms with Gasteiger partial charge in [0.25, 0.3) is 0 Å². The first kappa shape index (κ1) is 15.4. The van der Waals surface area contributed by atoms with Crippen LogP contribution >= 0.6 is 23.2 Å². The molecular weight excluding hydrogens is 271 g/mol. The molecule has 0 unspecified atom stereocenters. The van der Waals surface area contributed by atoms with Crippen molar-refractivity contribution >= 4 is 34.6 Å². The van der Waals surface area contributed by atoms with E-state index in [1.54, 1.807) is 12.1 Å². The summed E-state index contributed by atoms with van der Waals surface area (Å²) >= 11 is 11.8. The first-order valence-electron chi connectivity index (χ1n) is 6.07. The van der Waals surface area contributed by atoms with Crippen LogP contribution in [0.2, 0.25) is 10.0 Å². The van der Waals surface area contributed by atoms with E-state index in [1.165, 1.54) is 0 Å². The second kappa shape index (κ2) is 6.50. The molecule has 18 heavy (non-hydrogen) atoms. The quantitative estimate of drug-likeness (QED) is 0.699. The van der Waals surface area contributed by atoms with Crippen molar-refractivity contribution in [2.75, 3.05) is 24.2 Å². The molecule has 0 aliphatic carbocycles. The van der Waals surface area contributed by atoms with Gasteiger partial charge in [0, 0.05) is 12.0 Å². The molecule has 102 valence electrons. The molecule has 0 radical (unpaired) electrons. The second-order valence-electron chi connectivity index (χ2n) is 4.57. The molecule has 0 aliphatic heterocycles. The maximum absolute atomic E-state index is 9.50. The predicted molar refractivity (Wildman–Crippen MR) is 79.5 cm³/mol. The lowest BCUT2D eigenvalue weighted by Gasteiger charge is -2.30. The van der Waals surface area contributed by atoms with Crippen molar-refractivity contribution in [2.45, 2.75) is 26.7 Å². The zero-order valence-corrected chi connectivity index (χ0v) is 12.3. The largest absolute Gasteiger partial charge is 0.397 e. The summed E-state index contributed by atoms with van der Waals surface area (Å²) in [4.78, 5) is 0. The fourth-order valence-electron chi connectivity index (χ4n) is 1.78. The number of benzene rings is 1. The fourth-order valence-corrected chi connectivity index (χ4v) is 2.11. The van der Waals surface area contributed by atoms with Crippen molar-refractivity contribution in [3.63, 3.8) is 0 Å². The van der Waals surface area contributed by atoms with Crippen LogP contribution in [0.25, 0.3) is 0 Å². The van der Waals surface area contributed by atoms with Crippen LogP contribution in [0.5, 0.6) is 0 Å². The molecule has 3 nitrogen and oxygen atoms in total. The van der Waals surface area contributed by atoms with E-state index < -0.39 is 0 Å². The number of hydrogen-bond acceptors (Lipinski definition) is 3. The van der Waals surface area contributed by atoms with Gasteiger partial charge in [0.05, 0.1) is 28.0 Å². The summed E-state index contributed by atoms with van der Waals surface area (Å²) in [5.74, 6) is 0. The van der Waals surface area contributed by atoms with Gasteiger partial charge in [-0.05, 0) is 25.0 Å². The standard InChI is InChI=1S/C13H20Cl2N2O/c1-3-13(4-2,8-18)7-17-12-6-10(15)9(14)5-11(12)16/h5-6,17-18H,3-4,7-8,16H2,1-2H3. The van der Waals surface area contributed by atoms with Gasteiger partial charge in [0.2, 0.25) is 0 Å². The third-order valence-electron chi connectivity index (χ3n) is 3.58. The van der Waals surface area contributed by atoms with Crippen LogP contribution in [-0.4, -0.2) is 18.3 Å². The van der Waals surface area contributed by atoms with Gasteiger partial charge < -0.3 is 16.2 Å². The zero-order valence-electron chi connectivity index (χ0n) is 10.8. The summed E-state index contributed by atoms with van der Waals surface area (Å²) in [5.41, 5.74) is 7.06. The van der Waals surface area contributed by atoms with Crippen molar-refractivity contribution in [2.24, 2.45) is 5.41 Å². The first-order valence-corrected chi connectivity index (χ1v) is 6.83. The highest BCUT2D eigenvalue weighted by atomic mass is 35.5. The van der Waals surface area contributed by atoms with Gasteiger partial charge >= 0.3 is 0 Å². The Bertz CT molecular complexity index is 398. The lowest BCUT2D eigenvalue weighted by Crippen LogP contribution is -2.32. The number of aliphatic hydroxyl groups is 1. The van der Waals surface area contributed by atoms with E-state index in [-0.39, 0.29) is 12.0 Å². The summed E-state index contributed by atoms with van der Waals surface area (Å²) in [6.45, 7) is 4.94. The van der Waals surface area contributed by atoms with Gasteiger partial charge in [-0.1, -0.05) is 37.0 Å². The topological polar surface area (TPSA) is 58.3 Å². The van der Waals surface area contributed by atoms with Crippen molar-refractivity contribution in [1.29, 1.82) is 0 Å². The summed E-state index contributed by atoms with van der Waals surface area (Å²) in [6, 6.07) is 3.34. The molecule has 0 atom stereocenters. The molecule has 1 rings (SSSR count). The molecule has 0 aliphatic rings. The van der Waals surface area contributed by atoms with E-state index in [0.29, 0.717) is 22.3 Å². The summed E-state index contributed by atoms with van der Waals surface area (Å²) in [6.07, 6.45) is 1.79. The van der Waals surface area contributed by atoms with E-state index in [9.17, 15) is 5.11 Å². The average Bonchev–Trinajstić information content (AvgIpc) is 2.37. The maximum Gasteiger partial charge on any atom is 0.0614 e. The van der Waals surface area contributed by atoms with Crippen LogP contribution in [0.15, 0.2) is 12.1 Å². The average molecular weight is 291 g/mol. The highest BCUT2D eigenvalue weighted by Gasteiger charge is 2.25. The molecule has 0 saturated heterocycles.